The van der Waals surface area contributed by atoms with Crippen LogP contribution in [0.15, 0.2) is 0 Å². The van der Waals surface area contributed by atoms with Crippen LogP contribution in [-0.4, -0.2) is 236 Å². The van der Waals surface area contributed by atoms with Gasteiger partial charge in [-0.2, -0.15) is 8.42 Å². The molecule has 0 aliphatic carbocycles. The van der Waals surface area contributed by atoms with E-state index >= 15 is 0 Å². The lowest BCUT2D eigenvalue weighted by Crippen LogP contribution is -2.41. The van der Waals surface area contributed by atoms with Gasteiger partial charge in [0.2, 0.25) is 0 Å². The third kappa shape index (κ3) is 143. The quantitative estimate of drug-likeness (QED) is 0.00823. The molecule has 0 aromatic carbocycles. The Morgan fingerprint density at radius 1 is 0.485 bits per heavy atom. The second kappa shape index (κ2) is 93.7. The molecule has 25 heteroatoms. The number of nitrogens with zero attached hydrogens (tertiary/aromatic N) is 4. The number of carbonyl (C=O) groups excluding carboxylic acids is 4. The minimum absolute atomic E-state index is 0.00706. The van der Waals surface area contributed by atoms with E-state index in [0.29, 0.717) is 65.3 Å². The number of hydrogen-bond acceptors (Lipinski definition) is 19. The highest BCUT2D eigenvalue weighted by molar-refractivity contribution is 7.86. The monoisotopic (exact) mass is 1420 g/mol. The van der Waals surface area contributed by atoms with Gasteiger partial charge in [-0.25, -0.2) is 0 Å². The van der Waals surface area contributed by atoms with Gasteiger partial charge in [0.1, 0.15) is 6.29 Å². The van der Waals surface area contributed by atoms with Crippen LogP contribution in [-0.2, 0) is 66.9 Å². The molecule has 1 fully saturated rings. The highest BCUT2D eigenvalue weighted by Gasteiger charge is 2.15. The number of quaternary nitrogens is 1. The summed E-state index contributed by atoms with van der Waals surface area (Å²) < 4.78 is 41.2. The van der Waals surface area contributed by atoms with E-state index < -0.39 is 28.0 Å². The van der Waals surface area contributed by atoms with Crippen LogP contribution in [0, 0.1) is 0 Å². The van der Waals surface area contributed by atoms with Crippen molar-refractivity contribution in [3.8, 4) is 0 Å². The first-order valence-corrected chi connectivity index (χ1v) is 38.0. The molecular formula is C72H152N5O19S+. The molecule has 1 saturated heterocycles. The van der Waals surface area contributed by atoms with E-state index in [9.17, 15) is 37.2 Å². The van der Waals surface area contributed by atoms with E-state index in [-0.39, 0.29) is 36.6 Å². The summed E-state index contributed by atoms with van der Waals surface area (Å²) in [4.78, 5) is 86.4. The Morgan fingerprint density at radius 2 is 0.804 bits per heavy atom. The Hall–Kier alpha value is -4.37. The van der Waals surface area contributed by atoms with Crippen molar-refractivity contribution in [1.82, 2.24) is 14.7 Å². The van der Waals surface area contributed by atoms with Gasteiger partial charge in [-0.3, -0.25) is 37.7 Å². The fourth-order valence-electron chi connectivity index (χ4n) is 8.09. The van der Waals surface area contributed by atoms with E-state index in [1.54, 1.807) is 6.92 Å². The molecule has 1 aliphatic heterocycles. The third-order valence-electron chi connectivity index (χ3n) is 13.4. The zero-order valence-electron chi connectivity index (χ0n) is 64.5. The summed E-state index contributed by atoms with van der Waals surface area (Å²) >= 11 is 0. The van der Waals surface area contributed by atoms with Crippen LogP contribution in [0.2, 0.25) is 0 Å². The largest absolute Gasteiger partial charge is 0.483 e. The van der Waals surface area contributed by atoms with Crippen LogP contribution < -0.4 is 5.73 Å². The maximum absolute atomic E-state index is 11.8. The molecule has 0 aromatic heterocycles. The first kappa shape index (κ1) is 111. The van der Waals surface area contributed by atoms with Crippen molar-refractivity contribution in [2.45, 2.75) is 286 Å². The number of esters is 3. The fraction of sp³-hybridized carbons (Fsp3) is 0.889. The van der Waals surface area contributed by atoms with Gasteiger partial charge in [-0.15, -0.1) is 0 Å². The van der Waals surface area contributed by atoms with Crippen molar-refractivity contribution < 1.29 is 95.2 Å². The van der Waals surface area contributed by atoms with Gasteiger partial charge in [0.05, 0.1) is 59.4 Å². The number of ether oxygens (including phenoxy) is 3. The number of carbonyl (C=O) groups is 8. The molecule has 1 rings (SSSR count). The fourth-order valence-corrected chi connectivity index (χ4v) is 9.13. The Labute approximate surface area is 592 Å². The lowest BCUT2D eigenvalue weighted by Gasteiger charge is -2.29. The van der Waals surface area contributed by atoms with Crippen molar-refractivity contribution in [3.05, 3.63) is 0 Å². The minimum atomic E-state index is -3.08. The van der Waals surface area contributed by atoms with Crippen molar-refractivity contribution in [1.29, 1.82) is 0 Å². The molecule has 7 N–H and O–H groups in total. The number of rotatable bonds is 48. The number of hydrogen-bond donors (Lipinski definition) is 6. The Bertz CT molecular complexity index is 1730. The smallest absolute Gasteiger partial charge is 0.305 e. The Balaban J connectivity index is -0.000000137. The van der Waals surface area contributed by atoms with Crippen molar-refractivity contribution in [3.63, 3.8) is 0 Å². The number of nitrogens with two attached hydrogens (primary N) is 1. The van der Waals surface area contributed by atoms with Gasteiger partial charge < -0.3 is 69.5 Å². The minimum Gasteiger partial charge on any atom is -0.483 e. The average molecular weight is 1420 g/mol. The van der Waals surface area contributed by atoms with Crippen LogP contribution >= 0.6 is 0 Å². The molecule has 0 saturated carbocycles. The van der Waals surface area contributed by atoms with Gasteiger partial charge in [0.25, 0.3) is 16.6 Å². The zero-order valence-corrected chi connectivity index (χ0v) is 65.3. The molecule has 0 radical (unpaired) electrons. The molecule has 0 spiro atoms. The van der Waals surface area contributed by atoms with E-state index in [1.807, 2.05) is 42.0 Å². The summed E-state index contributed by atoms with van der Waals surface area (Å²) in [5.74, 6) is -2.13. The Kier molecular flexibility index (Phi) is 107. The number of aliphatic hydroxyl groups excluding tert-OH is 1. The summed E-state index contributed by atoms with van der Waals surface area (Å²) in [6.45, 7) is 21.6. The molecule has 0 amide bonds. The SMILES string of the molecule is CC=O.CCCCCCCCCCCCOC(=O)CCCCC[N+](C)(C)CCCCC.CCCO.CCCOC(=O)CCCCCN(C)C.CCOC(C)=O.CN(C)CCCCCC(=O)O.CN(C)CCCCCC(=O)O.NCCCCCC(=O)O.O=CO.O=S1(=O)CCCCO1. The number of aliphatic hydroxyl groups is 1. The van der Waals surface area contributed by atoms with Crippen molar-refractivity contribution in [2.24, 2.45) is 5.73 Å². The van der Waals surface area contributed by atoms with Crippen LogP contribution in [0.25, 0.3) is 0 Å². The predicted molar refractivity (Wildman–Crippen MR) is 394 cm³/mol. The van der Waals surface area contributed by atoms with Gasteiger partial charge in [0, 0.05) is 45.6 Å². The number of aldehydes is 1. The van der Waals surface area contributed by atoms with Crippen molar-refractivity contribution >= 4 is 58.7 Å². The number of unbranched alkanes of at least 4 members (excludes halogenated alkanes) is 21. The maximum Gasteiger partial charge on any atom is 0.305 e. The second-order valence-electron chi connectivity index (χ2n) is 24.9. The standard InChI is InChI=1S/C25H52NO2.C11H23NO2.2C8H17NO2.C6H13NO2.C4H8O3S.C4H8O2.C3H8O.C2H4O.CH2O2/c1-5-7-9-10-11-12-13-14-15-20-24-28-25(27)21-17-16-19-23-26(3,4)22-18-8-6-2;1-4-10-14-11(13)8-6-5-7-9-12(2)3;2*1-9(2)7-5-3-4-6-8(10)11;7-5-3-1-2-4-6(8)9;5-8(6)4-2-1-3-7-8;1-3-6-4(2)5;1-2-3-4;1-2-3;2-1-3/h5-24H2,1-4H3;4-10H2,1-3H3;2*3-7H2,1-2H3,(H,10,11);1-5,7H2,(H,8,9);1-4H2;3H2,1-2H3;4H,2-3H2,1H3;2H,1H3;1H,(H,2,3)/q+1;;;;;;;;;. The highest BCUT2D eigenvalue weighted by atomic mass is 32.2. The molecular weight excluding hydrogens is 1270 g/mol. The molecule has 584 valence electrons. The normalized spacial score (nSPS) is 11.5. The summed E-state index contributed by atoms with van der Waals surface area (Å²) in [5.41, 5.74) is 5.20. The number of carboxylic acid groups (broad SMARTS) is 4. The highest BCUT2D eigenvalue weighted by Crippen LogP contribution is 2.13. The first-order valence-electron chi connectivity index (χ1n) is 36.4. The van der Waals surface area contributed by atoms with Crippen molar-refractivity contribution in [2.75, 3.05) is 134 Å². The molecule has 0 bridgehead atoms. The van der Waals surface area contributed by atoms with Gasteiger partial charge in [-0.1, -0.05) is 118 Å². The first-order chi connectivity index (χ1) is 45.9. The lowest BCUT2D eigenvalue weighted by molar-refractivity contribution is -0.890. The number of carboxylic acids is 3. The van der Waals surface area contributed by atoms with E-state index in [4.69, 9.17) is 50.3 Å². The zero-order chi connectivity index (χ0) is 76.1. The Morgan fingerprint density at radius 3 is 1.08 bits per heavy atom. The summed E-state index contributed by atoms with van der Waals surface area (Å²) in [6.07, 6.45) is 38.4. The molecule has 0 unspecified atom stereocenters. The molecule has 0 atom stereocenters. The molecule has 97 heavy (non-hydrogen) atoms. The maximum atomic E-state index is 11.8. The summed E-state index contributed by atoms with van der Waals surface area (Å²) in [5, 5.41) is 39.6. The molecule has 0 aromatic rings. The van der Waals surface area contributed by atoms with Crippen LogP contribution in [0.3, 0.4) is 0 Å². The third-order valence-corrected chi connectivity index (χ3v) is 14.7. The van der Waals surface area contributed by atoms with Gasteiger partial charge in [-0.05, 0) is 198 Å². The number of aliphatic carboxylic acids is 3. The van der Waals surface area contributed by atoms with E-state index in [2.05, 4.69) is 65.7 Å². The van der Waals surface area contributed by atoms with Gasteiger partial charge >= 0.3 is 35.8 Å². The van der Waals surface area contributed by atoms with Crippen LogP contribution in [0.1, 0.15) is 286 Å². The molecule has 24 nitrogen and oxygen atoms in total. The predicted octanol–water partition coefficient (Wildman–Crippen LogP) is 13.3. The van der Waals surface area contributed by atoms with E-state index in [1.165, 1.54) is 110 Å². The van der Waals surface area contributed by atoms with Crippen LogP contribution in [0.5, 0.6) is 0 Å². The average Bonchev–Trinajstić information content (AvgIpc) is 1.17. The van der Waals surface area contributed by atoms with Crippen LogP contribution in [0.4, 0.5) is 0 Å². The second-order valence-corrected chi connectivity index (χ2v) is 26.7. The summed E-state index contributed by atoms with van der Waals surface area (Å²) in [7, 11) is 13.8. The summed E-state index contributed by atoms with van der Waals surface area (Å²) in [6, 6.07) is 0. The molecule has 1 aliphatic rings. The lowest BCUT2D eigenvalue weighted by atomic mass is 10.1. The van der Waals surface area contributed by atoms with Gasteiger partial charge in [0.15, 0.2) is 0 Å². The van der Waals surface area contributed by atoms with E-state index in [0.717, 1.165) is 152 Å². The molecule has 1 heterocycles. The topological polar surface area (TPSA) is 345 Å².